The van der Waals surface area contributed by atoms with Crippen molar-refractivity contribution in [2.75, 3.05) is 60.4 Å². The maximum Gasteiger partial charge on any atom is 0.193 e. The predicted molar refractivity (Wildman–Crippen MR) is 114 cm³/mol. The highest BCUT2D eigenvalue weighted by Gasteiger charge is 2.31. The van der Waals surface area contributed by atoms with E-state index < -0.39 is 0 Å². The number of nitrogens with zero attached hydrogens (tertiary/aromatic N) is 4. The van der Waals surface area contributed by atoms with E-state index in [0.29, 0.717) is 17.9 Å². The molecule has 2 aliphatic heterocycles. The van der Waals surface area contributed by atoms with E-state index >= 15 is 0 Å². The molecule has 2 aliphatic rings. The first-order chi connectivity index (χ1) is 13.1. The largest absolute Gasteiger partial charge is 0.355 e. The molecule has 3 unspecified atom stereocenters. The molecular formula is C22H37N5. The Morgan fingerprint density at radius 2 is 1.89 bits per heavy atom. The van der Waals surface area contributed by atoms with Crippen molar-refractivity contribution in [1.29, 1.82) is 0 Å². The van der Waals surface area contributed by atoms with Gasteiger partial charge in [0.15, 0.2) is 5.96 Å². The first kappa shape index (κ1) is 20.2. The fourth-order valence-corrected chi connectivity index (χ4v) is 4.64. The van der Waals surface area contributed by atoms with E-state index in [0.717, 1.165) is 45.2 Å². The van der Waals surface area contributed by atoms with Crippen molar-refractivity contribution in [3.05, 3.63) is 35.9 Å². The zero-order chi connectivity index (χ0) is 19.2. The summed E-state index contributed by atoms with van der Waals surface area (Å²) < 4.78 is 0. The van der Waals surface area contributed by atoms with Crippen LogP contribution in [0.1, 0.15) is 31.2 Å². The average Bonchev–Trinajstić information content (AvgIpc) is 2.71. The van der Waals surface area contributed by atoms with Crippen molar-refractivity contribution in [1.82, 2.24) is 20.0 Å². The quantitative estimate of drug-likeness (QED) is 0.651. The van der Waals surface area contributed by atoms with Gasteiger partial charge >= 0.3 is 0 Å². The first-order valence-corrected chi connectivity index (χ1v) is 10.5. The molecule has 3 rings (SSSR count). The fraction of sp³-hybridized carbons (Fsp3) is 0.682. The molecule has 1 aromatic carbocycles. The van der Waals surface area contributed by atoms with Gasteiger partial charge in [0, 0.05) is 52.4 Å². The molecule has 150 valence electrons. The van der Waals surface area contributed by atoms with E-state index in [9.17, 15) is 0 Å². The summed E-state index contributed by atoms with van der Waals surface area (Å²) in [5.41, 5.74) is 1.50. The van der Waals surface area contributed by atoms with E-state index in [1.807, 2.05) is 7.05 Å². The van der Waals surface area contributed by atoms with Gasteiger partial charge in [-0.05, 0) is 37.9 Å². The summed E-state index contributed by atoms with van der Waals surface area (Å²) in [5, 5.41) is 3.67. The Bertz CT molecular complexity index is 602. The molecule has 0 bridgehead atoms. The number of benzene rings is 1. The molecule has 0 saturated carbocycles. The minimum atomic E-state index is 0.546. The third-order valence-corrected chi connectivity index (χ3v) is 6.47. The number of aliphatic imine (C=N–C) groups is 1. The van der Waals surface area contributed by atoms with Crippen LogP contribution in [0.5, 0.6) is 0 Å². The van der Waals surface area contributed by atoms with E-state index in [2.05, 4.69) is 76.4 Å². The lowest BCUT2D eigenvalue weighted by Crippen LogP contribution is -2.56. The van der Waals surface area contributed by atoms with Gasteiger partial charge in [-0.2, -0.15) is 0 Å². The molecule has 0 radical (unpaired) electrons. The summed E-state index contributed by atoms with van der Waals surface area (Å²) in [4.78, 5) is 12.0. The van der Waals surface area contributed by atoms with Crippen LogP contribution in [-0.4, -0.2) is 87.1 Å². The second kappa shape index (κ2) is 9.56. The summed E-state index contributed by atoms with van der Waals surface area (Å²) in [6.45, 7) is 8.88. The number of likely N-dealkylation sites (tertiary alicyclic amines) is 1. The first-order valence-electron chi connectivity index (χ1n) is 10.5. The Hall–Kier alpha value is -1.59. The van der Waals surface area contributed by atoms with Gasteiger partial charge in [-0.1, -0.05) is 43.7 Å². The maximum atomic E-state index is 4.61. The van der Waals surface area contributed by atoms with Crippen LogP contribution in [-0.2, 0) is 0 Å². The molecule has 5 heteroatoms. The number of rotatable bonds is 4. The van der Waals surface area contributed by atoms with Gasteiger partial charge < -0.3 is 15.1 Å². The predicted octanol–water partition coefficient (Wildman–Crippen LogP) is 2.32. The molecule has 27 heavy (non-hydrogen) atoms. The Kier molecular flexibility index (Phi) is 7.13. The lowest BCUT2D eigenvalue weighted by atomic mass is 9.79. The number of nitrogens with one attached hydrogen (secondary N) is 1. The van der Waals surface area contributed by atoms with Crippen LogP contribution in [0, 0.1) is 5.92 Å². The molecule has 2 heterocycles. The van der Waals surface area contributed by atoms with Crippen molar-refractivity contribution in [3.63, 3.8) is 0 Å². The molecule has 0 aromatic heterocycles. The lowest BCUT2D eigenvalue weighted by molar-refractivity contribution is 0.115. The van der Waals surface area contributed by atoms with Gasteiger partial charge in [-0.3, -0.25) is 9.89 Å². The Morgan fingerprint density at radius 3 is 2.59 bits per heavy atom. The van der Waals surface area contributed by atoms with Gasteiger partial charge in [0.1, 0.15) is 0 Å². The third kappa shape index (κ3) is 5.02. The average molecular weight is 372 g/mol. The summed E-state index contributed by atoms with van der Waals surface area (Å²) in [6, 6.07) is 11.6. The smallest absolute Gasteiger partial charge is 0.193 e. The number of piperidine rings is 1. The Morgan fingerprint density at radius 1 is 1.11 bits per heavy atom. The zero-order valence-corrected chi connectivity index (χ0v) is 17.6. The van der Waals surface area contributed by atoms with Crippen LogP contribution in [0.3, 0.4) is 0 Å². The van der Waals surface area contributed by atoms with Crippen LogP contribution in [0.2, 0.25) is 0 Å². The van der Waals surface area contributed by atoms with Crippen LogP contribution in [0.15, 0.2) is 35.3 Å². The van der Waals surface area contributed by atoms with Crippen molar-refractivity contribution in [2.24, 2.45) is 10.9 Å². The molecule has 2 saturated heterocycles. The van der Waals surface area contributed by atoms with Crippen molar-refractivity contribution >= 4 is 5.96 Å². The monoisotopic (exact) mass is 371 g/mol. The molecule has 0 spiro atoms. The van der Waals surface area contributed by atoms with Gasteiger partial charge in [-0.25, -0.2) is 0 Å². The normalized spacial score (nSPS) is 28.4. The van der Waals surface area contributed by atoms with E-state index in [1.165, 1.54) is 18.4 Å². The molecule has 0 amide bonds. The third-order valence-electron chi connectivity index (χ3n) is 6.47. The fourth-order valence-electron chi connectivity index (χ4n) is 4.64. The SMILES string of the molecule is CCC1CN(C(=NC)NCC2CN(C)CCN2C)CCC1c1ccccc1. The molecule has 2 fully saturated rings. The zero-order valence-electron chi connectivity index (χ0n) is 17.6. The molecule has 1 N–H and O–H groups in total. The summed E-state index contributed by atoms with van der Waals surface area (Å²) in [7, 11) is 6.37. The topological polar surface area (TPSA) is 34.1 Å². The van der Waals surface area contributed by atoms with Crippen molar-refractivity contribution in [3.8, 4) is 0 Å². The molecule has 3 atom stereocenters. The minimum Gasteiger partial charge on any atom is -0.355 e. The van der Waals surface area contributed by atoms with Gasteiger partial charge in [0.25, 0.3) is 0 Å². The second-order valence-corrected chi connectivity index (χ2v) is 8.24. The highest BCUT2D eigenvalue weighted by molar-refractivity contribution is 5.80. The number of piperazine rings is 1. The van der Waals surface area contributed by atoms with E-state index in [1.54, 1.807) is 0 Å². The summed E-state index contributed by atoms with van der Waals surface area (Å²) in [6.07, 6.45) is 2.42. The molecule has 1 aromatic rings. The molecule has 5 nitrogen and oxygen atoms in total. The van der Waals surface area contributed by atoms with E-state index in [-0.39, 0.29) is 0 Å². The van der Waals surface area contributed by atoms with Crippen LogP contribution < -0.4 is 5.32 Å². The minimum absolute atomic E-state index is 0.546. The van der Waals surface area contributed by atoms with E-state index in [4.69, 9.17) is 0 Å². The highest BCUT2D eigenvalue weighted by atomic mass is 15.3. The van der Waals surface area contributed by atoms with Gasteiger partial charge in [0.05, 0.1) is 0 Å². The second-order valence-electron chi connectivity index (χ2n) is 8.24. The van der Waals surface area contributed by atoms with Gasteiger partial charge in [-0.15, -0.1) is 0 Å². The van der Waals surface area contributed by atoms with Gasteiger partial charge in [0.2, 0.25) is 0 Å². The van der Waals surface area contributed by atoms with Crippen LogP contribution >= 0.6 is 0 Å². The van der Waals surface area contributed by atoms with Crippen molar-refractivity contribution in [2.45, 2.75) is 31.7 Å². The Labute approximate surface area is 165 Å². The number of likely N-dealkylation sites (N-methyl/N-ethyl adjacent to an activating group) is 2. The Balaban J connectivity index is 1.58. The van der Waals surface area contributed by atoms with Crippen LogP contribution in [0.4, 0.5) is 0 Å². The number of hydrogen-bond acceptors (Lipinski definition) is 3. The maximum absolute atomic E-state index is 4.61. The van der Waals surface area contributed by atoms with Crippen molar-refractivity contribution < 1.29 is 0 Å². The highest BCUT2D eigenvalue weighted by Crippen LogP contribution is 2.34. The molecular weight excluding hydrogens is 334 g/mol. The number of guanidine groups is 1. The summed E-state index contributed by atoms with van der Waals surface area (Å²) in [5.74, 6) is 2.42. The number of hydrogen-bond donors (Lipinski definition) is 1. The van der Waals surface area contributed by atoms with Crippen LogP contribution in [0.25, 0.3) is 0 Å². The summed E-state index contributed by atoms with van der Waals surface area (Å²) >= 11 is 0. The standard InChI is InChI=1S/C22H37N5/c1-5-18-16-27(12-11-21(18)19-9-7-6-8-10-19)22(23-2)24-15-20-17-25(3)13-14-26(20)4/h6-10,18,20-21H,5,11-17H2,1-4H3,(H,23,24). The molecule has 0 aliphatic carbocycles. The lowest BCUT2D eigenvalue weighted by Gasteiger charge is -2.41.